The van der Waals surface area contributed by atoms with Crippen molar-refractivity contribution in [1.29, 1.82) is 0 Å². The monoisotopic (exact) mass is 304 g/mol. The summed E-state index contributed by atoms with van der Waals surface area (Å²) >= 11 is 0. The summed E-state index contributed by atoms with van der Waals surface area (Å²) in [5, 5.41) is 0. The zero-order valence-corrected chi connectivity index (χ0v) is 13.0. The topological polar surface area (TPSA) is 61.8 Å². The zero-order valence-electron chi connectivity index (χ0n) is 13.0. The van der Waals surface area contributed by atoms with Gasteiger partial charge in [-0.25, -0.2) is 4.79 Å². The summed E-state index contributed by atoms with van der Waals surface area (Å²) < 4.78 is 15.4. The maximum Gasteiger partial charge on any atom is 0.330 e. The van der Waals surface area contributed by atoms with Gasteiger partial charge in [-0.15, -0.1) is 0 Å². The van der Waals surface area contributed by atoms with E-state index in [1.165, 1.54) is 13.2 Å². The highest BCUT2D eigenvalue weighted by molar-refractivity contribution is 5.86. The minimum atomic E-state index is -0.665. The van der Waals surface area contributed by atoms with Gasteiger partial charge >= 0.3 is 5.97 Å². The van der Waals surface area contributed by atoms with Crippen molar-refractivity contribution in [3.63, 3.8) is 0 Å². The minimum absolute atomic E-state index is 0.291. The van der Waals surface area contributed by atoms with E-state index in [4.69, 9.17) is 9.47 Å². The first-order chi connectivity index (χ1) is 10.5. The van der Waals surface area contributed by atoms with E-state index in [2.05, 4.69) is 4.74 Å². The van der Waals surface area contributed by atoms with Crippen LogP contribution in [0.15, 0.2) is 30.3 Å². The molecule has 1 aromatic carbocycles. The van der Waals surface area contributed by atoms with Crippen molar-refractivity contribution in [2.45, 2.75) is 31.0 Å². The zero-order chi connectivity index (χ0) is 16.2. The van der Waals surface area contributed by atoms with Gasteiger partial charge in [-0.2, -0.15) is 0 Å². The molecule has 2 rings (SSSR count). The molecule has 1 fully saturated rings. The van der Waals surface area contributed by atoms with Gasteiger partial charge in [0.05, 0.1) is 12.7 Å². The Morgan fingerprint density at radius 2 is 2.00 bits per heavy atom. The maximum absolute atomic E-state index is 11.2. The Morgan fingerprint density at radius 1 is 1.27 bits per heavy atom. The van der Waals surface area contributed by atoms with Crippen molar-refractivity contribution in [3.05, 3.63) is 41.5 Å². The molecule has 0 atom stereocenters. The second-order valence-electron chi connectivity index (χ2n) is 5.70. The molecule has 0 bridgehead atoms. The van der Waals surface area contributed by atoms with E-state index in [1.807, 2.05) is 31.2 Å². The molecule has 1 aliphatic rings. The third-order valence-electron chi connectivity index (χ3n) is 4.11. The molecule has 5 nitrogen and oxygen atoms in total. The van der Waals surface area contributed by atoms with Crippen molar-refractivity contribution in [1.82, 2.24) is 0 Å². The number of esters is 1. The molecule has 0 aromatic heterocycles. The lowest BCUT2D eigenvalue weighted by Gasteiger charge is -2.52. The van der Waals surface area contributed by atoms with Gasteiger partial charge in [0.1, 0.15) is 5.60 Å². The SMILES string of the molecule is COC(=O)/C=C\c1cccc(C2(OC=O)CC(C)(OC)C2)c1. The molecule has 22 heavy (non-hydrogen) atoms. The van der Waals surface area contributed by atoms with Gasteiger partial charge in [0.25, 0.3) is 6.47 Å². The molecule has 0 amide bonds. The Hall–Kier alpha value is -2.14. The van der Waals surface area contributed by atoms with Gasteiger partial charge in [-0.1, -0.05) is 18.2 Å². The highest BCUT2D eigenvalue weighted by Crippen LogP contribution is 2.52. The van der Waals surface area contributed by atoms with E-state index in [9.17, 15) is 9.59 Å². The molecule has 0 spiro atoms. The number of benzene rings is 1. The Labute approximate surface area is 129 Å². The maximum atomic E-state index is 11.2. The summed E-state index contributed by atoms with van der Waals surface area (Å²) in [6.07, 6.45) is 4.21. The van der Waals surface area contributed by atoms with Crippen LogP contribution in [0.1, 0.15) is 30.9 Å². The number of hydrogen-bond donors (Lipinski definition) is 0. The van der Waals surface area contributed by atoms with Crippen LogP contribution in [0.2, 0.25) is 0 Å². The fraction of sp³-hybridized carbons (Fsp3) is 0.412. The van der Waals surface area contributed by atoms with Gasteiger partial charge < -0.3 is 14.2 Å². The van der Waals surface area contributed by atoms with Crippen LogP contribution in [0.25, 0.3) is 6.08 Å². The normalized spacial score (nSPS) is 27.2. The molecule has 0 saturated heterocycles. The third-order valence-corrected chi connectivity index (χ3v) is 4.11. The molecule has 1 saturated carbocycles. The number of carbonyl (C=O) groups is 2. The molecular formula is C17H20O5. The van der Waals surface area contributed by atoms with Gasteiger partial charge in [0.15, 0.2) is 0 Å². The summed E-state index contributed by atoms with van der Waals surface area (Å²) in [7, 11) is 2.98. The standard InChI is InChI=1S/C17H20O5/c1-16(21-3)10-17(11-16,22-12-18)14-6-4-5-13(9-14)7-8-15(19)20-2/h4-9,12H,10-11H2,1-3H3/b8-7-. The van der Waals surface area contributed by atoms with Crippen LogP contribution in [0.4, 0.5) is 0 Å². The molecule has 0 radical (unpaired) electrons. The highest BCUT2D eigenvalue weighted by atomic mass is 16.6. The Kier molecular flexibility index (Phi) is 4.66. The third kappa shape index (κ3) is 3.20. The van der Waals surface area contributed by atoms with Crippen molar-refractivity contribution in [3.8, 4) is 0 Å². The number of methoxy groups -OCH3 is 2. The molecule has 0 unspecified atom stereocenters. The average molecular weight is 304 g/mol. The highest BCUT2D eigenvalue weighted by Gasteiger charge is 2.55. The predicted molar refractivity (Wildman–Crippen MR) is 81.0 cm³/mol. The van der Waals surface area contributed by atoms with Crippen molar-refractivity contribution in [2.24, 2.45) is 0 Å². The van der Waals surface area contributed by atoms with E-state index in [0.717, 1.165) is 11.1 Å². The first kappa shape index (κ1) is 16.2. The van der Waals surface area contributed by atoms with E-state index < -0.39 is 11.6 Å². The van der Waals surface area contributed by atoms with E-state index in [0.29, 0.717) is 19.3 Å². The Morgan fingerprint density at radius 3 is 2.59 bits per heavy atom. The second-order valence-corrected chi connectivity index (χ2v) is 5.70. The van der Waals surface area contributed by atoms with Crippen LogP contribution in [0.3, 0.4) is 0 Å². The van der Waals surface area contributed by atoms with Crippen molar-refractivity contribution >= 4 is 18.5 Å². The molecule has 118 valence electrons. The number of rotatable bonds is 6. The quantitative estimate of drug-likeness (QED) is 0.459. The minimum Gasteiger partial charge on any atom is -0.466 e. The number of ether oxygens (including phenoxy) is 3. The van der Waals surface area contributed by atoms with Gasteiger partial charge in [-0.05, 0) is 30.2 Å². The molecular weight excluding hydrogens is 284 g/mol. The molecule has 0 aliphatic heterocycles. The van der Waals surface area contributed by atoms with Crippen molar-refractivity contribution in [2.75, 3.05) is 14.2 Å². The summed E-state index contributed by atoms with van der Waals surface area (Å²) in [6, 6.07) is 7.54. The summed E-state index contributed by atoms with van der Waals surface area (Å²) in [5.74, 6) is -0.417. The fourth-order valence-corrected chi connectivity index (χ4v) is 2.91. The molecule has 0 N–H and O–H groups in total. The van der Waals surface area contributed by atoms with Crippen LogP contribution in [0, 0.1) is 0 Å². The number of carbonyl (C=O) groups excluding carboxylic acids is 2. The Balaban J connectivity index is 2.25. The fourth-order valence-electron chi connectivity index (χ4n) is 2.91. The molecule has 1 aromatic rings. The first-order valence-electron chi connectivity index (χ1n) is 7.00. The summed E-state index contributed by atoms with van der Waals surface area (Å²) in [4.78, 5) is 22.1. The van der Waals surface area contributed by atoms with Crippen molar-refractivity contribution < 1.29 is 23.8 Å². The van der Waals surface area contributed by atoms with Crippen LogP contribution in [0.5, 0.6) is 0 Å². The van der Waals surface area contributed by atoms with Gasteiger partial charge in [0.2, 0.25) is 0 Å². The van der Waals surface area contributed by atoms with E-state index in [1.54, 1.807) is 13.2 Å². The number of hydrogen-bond acceptors (Lipinski definition) is 5. The van der Waals surface area contributed by atoms with Crippen LogP contribution < -0.4 is 0 Å². The second kappa shape index (κ2) is 6.32. The average Bonchev–Trinajstić information content (AvgIpc) is 2.51. The lowest BCUT2D eigenvalue weighted by molar-refractivity contribution is -0.208. The van der Waals surface area contributed by atoms with Crippen LogP contribution in [-0.2, 0) is 29.4 Å². The predicted octanol–water partition coefficient (Wildman–Crippen LogP) is 2.44. The van der Waals surface area contributed by atoms with E-state index >= 15 is 0 Å². The van der Waals surface area contributed by atoms with E-state index in [-0.39, 0.29) is 5.60 Å². The van der Waals surface area contributed by atoms with Gasteiger partial charge in [0, 0.05) is 26.0 Å². The van der Waals surface area contributed by atoms with Gasteiger partial charge in [-0.3, -0.25) is 4.79 Å². The molecule has 5 heteroatoms. The summed E-state index contributed by atoms with van der Waals surface area (Å²) in [5.41, 5.74) is 0.770. The first-order valence-corrected chi connectivity index (χ1v) is 7.00. The summed E-state index contributed by atoms with van der Waals surface area (Å²) in [6.45, 7) is 2.46. The smallest absolute Gasteiger partial charge is 0.330 e. The molecule has 1 aliphatic carbocycles. The lowest BCUT2D eigenvalue weighted by Crippen LogP contribution is -2.55. The molecule has 0 heterocycles. The van der Waals surface area contributed by atoms with Crippen LogP contribution in [-0.4, -0.2) is 32.3 Å². The Bertz CT molecular complexity index is 584. The lowest BCUT2D eigenvalue weighted by atomic mass is 9.64. The largest absolute Gasteiger partial charge is 0.466 e. The van der Waals surface area contributed by atoms with Crippen LogP contribution >= 0.6 is 0 Å².